The van der Waals surface area contributed by atoms with E-state index in [0.717, 1.165) is 0 Å². The van der Waals surface area contributed by atoms with Gasteiger partial charge >= 0.3 is 0 Å². The van der Waals surface area contributed by atoms with Crippen LogP contribution in [0.1, 0.15) is 105 Å². The Hall–Kier alpha value is -8.06. The molecule has 0 unspecified atom stereocenters. The van der Waals surface area contributed by atoms with Crippen molar-refractivity contribution in [2.45, 2.75) is 105 Å². The zero-order chi connectivity index (χ0) is 54.2. The first-order chi connectivity index (χ1) is 37.3. The van der Waals surface area contributed by atoms with Crippen molar-refractivity contribution in [2.24, 2.45) is 0 Å². The molecule has 0 aliphatic heterocycles. The monoisotopic (exact) mass is 1010 g/mol. The van der Waals surface area contributed by atoms with Gasteiger partial charge in [-0.3, -0.25) is 0 Å². The SMILES string of the molecule is CC(C)(C)c1ccc(-c2c3ccccc3c(-c3ccc(C(C)(C)C)cc3)c3c4cc5c6ccccc6c6c(-c7ccc(C(C)(C)C)cc7)c7ccccc7c(-c7ccc(C(C)(C)C)cc7)c6c5cc4c4ccccc4c23)cc1. The second-order valence-corrected chi connectivity index (χ2v) is 26.4. The Morgan fingerprint density at radius 1 is 0.179 bits per heavy atom. The van der Waals surface area contributed by atoms with Gasteiger partial charge in [0.2, 0.25) is 0 Å². The van der Waals surface area contributed by atoms with Crippen LogP contribution in [0.4, 0.5) is 0 Å². The molecule has 0 spiro atoms. The molecular formula is C78H70. The molecule has 0 N–H and O–H groups in total. The summed E-state index contributed by atoms with van der Waals surface area (Å²) >= 11 is 0. The lowest BCUT2D eigenvalue weighted by atomic mass is 9.78. The van der Waals surface area contributed by atoms with Gasteiger partial charge in [0.15, 0.2) is 0 Å². The molecule has 0 nitrogen and oxygen atoms in total. The van der Waals surface area contributed by atoms with Gasteiger partial charge in [-0.05, 0) is 187 Å². The summed E-state index contributed by atoms with van der Waals surface area (Å²) in [7, 11) is 0. The van der Waals surface area contributed by atoms with Crippen molar-refractivity contribution in [1.29, 1.82) is 0 Å². The van der Waals surface area contributed by atoms with Crippen LogP contribution in [0, 0.1) is 0 Å². The van der Waals surface area contributed by atoms with Crippen LogP contribution in [0.25, 0.3) is 131 Å². The maximum atomic E-state index is 2.61. The smallest absolute Gasteiger partial charge is 0.000741 e. The fraction of sp³-hybridized carbons (Fsp3) is 0.205. The molecule has 0 heterocycles. The Bertz CT molecular complexity index is 4260. The van der Waals surface area contributed by atoms with Gasteiger partial charge in [-0.25, -0.2) is 0 Å². The Balaban J connectivity index is 1.28. The maximum absolute atomic E-state index is 2.61. The fourth-order valence-corrected chi connectivity index (χ4v) is 13.0. The van der Waals surface area contributed by atoms with Gasteiger partial charge in [0, 0.05) is 0 Å². The minimum Gasteiger partial charge on any atom is -0.0616 e. The van der Waals surface area contributed by atoms with E-state index in [0.29, 0.717) is 0 Å². The van der Waals surface area contributed by atoms with Crippen molar-refractivity contribution < 1.29 is 0 Å². The topological polar surface area (TPSA) is 0 Å². The largest absolute Gasteiger partial charge is 0.0616 e. The zero-order valence-electron chi connectivity index (χ0n) is 47.6. The van der Waals surface area contributed by atoms with Crippen LogP contribution in [-0.4, -0.2) is 0 Å². The first kappa shape index (κ1) is 49.5. The third kappa shape index (κ3) is 7.93. The highest BCUT2D eigenvalue weighted by Crippen LogP contribution is 2.54. The minimum absolute atomic E-state index is 0.0198. The van der Waals surface area contributed by atoms with Crippen molar-refractivity contribution in [3.8, 4) is 44.5 Å². The van der Waals surface area contributed by atoms with Gasteiger partial charge in [0.1, 0.15) is 0 Å². The molecule has 0 fully saturated rings. The van der Waals surface area contributed by atoms with Crippen LogP contribution in [0.2, 0.25) is 0 Å². The molecular weight excluding hydrogens is 937 g/mol. The molecule has 0 aliphatic rings. The molecule has 0 saturated carbocycles. The van der Waals surface area contributed by atoms with E-state index in [1.165, 1.54) is 153 Å². The summed E-state index contributed by atoms with van der Waals surface area (Å²) in [6.07, 6.45) is 0. The van der Waals surface area contributed by atoms with E-state index in [-0.39, 0.29) is 21.7 Å². The van der Waals surface area contributed by atoms with Gasteiger partial charge in [-0.15, -0.1) is 0 Å². The number of hydrogen-bond donors (Lipinski definition) is 0. The van der Waals surface area contributed by atoms with Crippen molar-refractivity contribution >= 4 is 86.2 Å². The molecule has 0 saturated heterocycles. The third-order valence-electron chi connectivity index (χ3n) is 17.3. The summed E-state index contributed by atoms with van der Waals surface area (Å²) in [5.41, 5.74) is 15.5. The van der Waals surface area contributed by atoms with Gasteiger partial charge in [-0.2, -0.15) is 0 Å². The third-order valence-corrected chi connectivity index (χ3v) is 17.3. The number of fused-ring (bicyclic) bond motifs is 14. The number of rotatable bonds is 4. The van der Waals surface area contributed by atoms with E-state index in [4.69, 9.17) is 0 Å². The van der Waals surface area contributed by atoms with Crippen LogP contribution in [0.5, 0.6) is 0 Å². The number of hydrogen-bond acceptors (Lipinski definition) is 0. The van der Waals surface area contributed by atoms with E-state index in [1.807, 2.05) is 0 Å². The normalized spacial score (nSPS) is 12.9. The molecule has 0 atom stereocenters. The van der Waals surface area contributed by atoms with Gasteiger partial charge in [0.05, 0.1) is 0 Å². The standard InChI is InChI=1S/C78H70/c1-75(2,3)51-37-29-47(30-38-51)67-59-25-17-19-27-61(59)69(49-33-41-53(42-34-49)77(7,8)9)73-65-45-64-56-22-14-16-24-58(56)72-68(48-31-39-52(40-32-48)76(4,5)6)60-26-18-20-28-62(60)70(50-35-43-54(44-36-50)78(10,11)12)74(72)66(64)46-63(65)55-21-13-15-23-57(55)71(67)73/h13-46H,1-12H3. The highest BCUT2D eigenvalue weighted by Gasteiger charge is 2.27. The summed E-state index contributed by atoms with van der Waals surface area (Å²) in [4.78, 5) is 0. The molecule has 0 aromatic heterocycles. The van der Waals surface area contributed by atoms with E-state index in [9.17, 15) is 0 Å². The fourth-order valence-electron chi connectivity index (χ4n) is 13.0. The van der Waals surface area contributed by atoms with Crippen LogP contribution in [0.3, 0.4) is 0 Å². The lowest BCUT2D eigenvalue weighted by Gasteiger charge is -2.25. The van der Waals surface area contributed by atoms with Crippen molar-refractivity contribution in [2.75, 3.05) is 0 Å². The number of benzene rings is 13. The molecule has 0 aliphatic carbocycles. The summed E-state index contributed by atoms with van der Waals surface area (Å²) in [6, 6.07) is 80.1. The summed E-state index contributed by atoms with van der Waals surface area (Å²) in [6.45, 7) is 27.7. The Morgan fingerprint density at radius 2 is 0.372 bits per heavy atom. The summed E-state index contributed by atoms with van der Waals surface area (Å²) < 4.78 is 0. The second-order valence-electron chi connectivity index (χ2n) is 26.4. The molecule has 0 heteroatoms. The second kappa shape index (κ2) is 17.7. The molecule has 13 aromatic carbocycles. The highest BCUT2D eigenvalue weighted by atomic mass is 14.3. The Labute approximate surface area is 461 Å². The van der Waals surface area contributed by atoms with E-state index in [1.54, 1.807) is 0 Å². The van der Waals surface area contributed by atoms with Gasteiger partial charge in [0.25, 0.3) is 0 Å². The molecule has 0 bridgehead atoms. The molecule has 13 aromatic rings. The van der Waals surface area contributed by atoms with Crippen LogP contribution in [-0.2, 0) is 21.7 Å². The van der Waals surface area contributed by atoms with Crippen molar-refractivity contribution in [3.05, 3.63) is 229 Å². The lowest BCUT2D eigenvalue weighted by molar-refractivity contribution is 0.590. The van der Waals surface area contributed by atoms with Gasteiger partial charge in [-0.1, -0.05) is 277 Å². The van der Waals surface area contributed by atoms with Crippen molar-refractivity contribution in [1.82, 2.24) is 0 Å². The van der Waals surface area contributed by atoms with Crippen LogP contribution >= 0.6 is 0 Å². The lowest BCUT2D eigenvalue weighted by Crippen LogP contribution is -2.10. The first-order valence-electron chi connectivity index (χ1n) is 28.2. The van der Waals surface area contributed by atoms with Gasteiger partial charge < -0.3 is 0 Å². The quantitative estimate of drug-likeness (QED) is 0.122. The van der Waals surface area contributed by atoms with E-state index >= 15 is 0 Å². The van der Waals surface area contributed by atoms with Crippen LogP contribution in [0.15, 0.2) is 206 Å². The molecule has 382 valence electrons. The van der Waals surface area contributed by atoms with E-state index < -0.39 is 0 Å². The molecule has 13 rings (SSSR count). The van der Waals surface area contributed by atoms with Crippen LogP contribution < -0.4 is 0 Å². The maximum Gasteiger partial charge on any atom is -0.000741 e. The summed E-state index contributed by atoms with van der Waals surface area (Å²) in [5.74, 6) is 0. The summed E-state index contributed by atoms with van der Waals surface area (Å²) in [5, 5.41) is 20.3. The average molecular weight is 1010 g/mol. The Morgan fingerprint density at radius 3 is 0.590 bits per heavy atom. The highest BCUT2D eigenvalue weighted by molar-refractivity contribution is 6.42. The molecule has 78 heavy (non-hydrogen) atoms. The zero-order valence-corrected chi connectivity index (χ0v) is 47.6. The minimum atomic E-state index is 0.0198. The Kier molecular flexibility index (Phi) is 11.3. The predicted molar refractivity (Wildman–Crippen MR) is 343 cm³/mol. The van der Waals surface area contributed by atoms with E-state index in [2.05, 4.69) is 289 Å². The molecule has 0 radical (unpaired) electrons. The predicted octanol–water partition coefficient (Wildman–Crippen LogP) is 22.8. The molecule has 0 amide bonds. The average Bonchev–Trinajstić information content (AvgIpc) is 3.44. The van der Waals surface area contributed by atoms with Crippen molar-refractivity contribution in [3.63, 3.8) is 0 Å². The first-order valence-corrected chi connectivity index (χ1v) is 28.2.